The molecule has 0 N–H and O–H groups in total. The van der Waals surface area contributed by atoms with Gasteiger partial charge in [-0.25, -0.2) is 5.98 Å². The average Bonchev–Trinajstić information content (AvgIpc) is 3.16. The van der Waals surface area contributed by atoms with E-state index >= 15 is 0 Å². The van der Waals surface area contributed by atoms with Crippen LogP contribution in [0.5, 0.6) is 0 Å². The van der Waals surface area contributed by atoms with E-state index in [1.807, 2.05) is 0 Å². The largest absolute Gasteiger partial charge is 0.239 e. The van der Waals surface area contributed by atoms with Crippen LogP contribution in [0.25, 0.3) is 0 Å². The summed E-state index contributed by atoms with van der Waals surface area (Å²) in [6.07, 6.45) is -1.13. The lowest BCUT2D eigenvalue weighted by Gasteiger charge is -2.40. The van der Waals surface area contributed by atoms with Gasteiger partial charge in [0.25, 0.3) is 0 Å². The molecule has 7 aromatic rings. The van der Waals surface area contributed by atoms with E-state index in [0.717, 1.165) is 0 Å². The Morgan fingerprint density at radius 1 is 0.304 bits per heavy atom. The Morgan fingerprint density at radius 3 is 0.696 bits per heavy atom. The molecule has 2 heteroatoms. The summed E-state index contributed by atoms with van der Waals surface area (Å²) in [5.74, 6) is 2.11. The minimum atomic E-state index is -1.91. The standard InChI is InChI=1S/C24H20P.C20H18B/c1-5-13-21(14-6-1)25(22-15-7-2-8-16-22,23-17-9-3-10-18-23)24-19-11-4-12-20-24;1-2-21(18-12-6-3-7-13-18,19-14-8-4-9-15-19)20-16-10-5-11-17-20/h1-20H;2-17H,1H2/q+1;-1. The summed E-state index contributed by atoms with van der Waals surface area (Å²) in [4.78, 5) is 0. The lowest BCUT2D eigenvalue weighted by molar-refractivity contribution is 1.68. The summed E-state index contributed by atoms with van der Waals surface area (Å²) < 4.78 is 0. The third kappa shape index (κ3) is 6.03. The molecule has 0 atom stereocenters. The molecule has 0 amide bonds. The third-order valence-corrected chi connectivity index (χ3v) is 13.2. The molecule has 0 radical (unpaired) electrons. The molecule has 7 aromatic carbocycles. The average molecular weight is 609 g/mol. The van der Waals surface area contributed by atoms with Crippen LogP contribution in [0.4, 0.5) is 0 Å². The van der Waals surface area contributed by atoms with Gasteiger partial charge in [0.1, 0.15) is 28.5 Å². The van der Waals surface area contributed by atoms with Gasteiger partial charge in [-0.15, -0.1) is 6.58 Å². The SMILES string of the molecule is C=C[B-](c1ccccc1)(c1ccccc1)c1ccccc1.c1ccc([P+](c2ccccc2)(c2ccccc2)c2ccccc2)cc1. The number of rotatable bonds is 8. The maximum atomic E-state index is 4.19. The highest BCUT2D eigenvalue weighted by molar-refractivity contribution is 8.01. The van der Waals surface area contributed by atoms with Crippen molar-refractivity contribution in [3.8, 4) is 0 Å². The van der Waals surface area contributed by atoms with Crippen LogP contribution in [-0.2, 0) is 0 Å². The molecule has 0 aliphatic rings. The van der Waals surface area contributed by atoms with E-state index in [-0.39, 0.29) is 0 Å². The van der Waals surface area contributed by atoms with Crippen molar-refractivity contribution in [3.05, 3.63) is 225 Å². The second-order valence-electron chi connectivity index (χ2n) is 11.4. The molecule has 0 aromatic heterocycles. The van der Waals surface area contributed by atoms with E-state index in [9.17, 15) is 0 Å². The van der Waals surface area contributed by atoms with Crippen molar-refractivity contribution < 1.29 is 0 Å². The fourth-order valence-corrected chi connectivity index (χ4v) is 11.0. The van der Waals surface area contributed by atoms with Gasteiger partial charge in [-0.3, -0.25) is 0 Å². The van der Waals surface area contributed by atoms with E-state index in [1.54, 1.807) is 0 Å². The van der Waals surface area contributed by atoms with Crippen molar-refractivity contribution in [3.63, 3.8) is 0 Å². The zero-order valence-corrected chi connectivity index (χ0v) is 26.9. The van der Waals surface area contributed by atoms with Crippen molar-refractivity contribution in [2.75, 3.05) is 0 Å². The molecular weight excluding hydrogens is 570 g/mol. The zero-order chi connectivity index (χ0) is 31.5. The van der Waals surface area contributed by atoms with Crippen LogP contribution in [0.3, 0.4) is 0 Å². The van der Waals surface area contributed by atoms with E-state index in [2.05, 4.69) is 225 Å². The summed E-state index contributed by atoms with van der Waals surface area (Å²) in [6.45, 7) is 4.19. The normalized spacial score (nSPS) is 11.1. The first-order valence-electron chi connectivity index (χ1n) is 15.9. The van der Waals surface area contributed by atoms with Crippen molar-refractivity contribution in [1.82, 2.24) is 0 Å². The maximum Gasteiger partial charge on any atom is 0.144 e. The highest BCUT2D eigenvalue weighted by Crippen LogP contribution is 2.53. The van der Waals surface area contributed by atoms with Gasteiger partial charge in [-0.05, 0) is 48.5 Å². The van der Waals surface area contributed by atoms with Crippen LogP contribution in [0.15, 0.2) is 225 Å². The van der Waals surface area contributed by atoms with Gasteiger partial charge in [0.15, 0.2) is 0 Å². The predicted octanol–water partition coefficient (Wildman–Crippen LogP) is 7.19. The molecule has 0 saturated carbocycles. The Labute approximate surface area is 275 Å². The predicted molar refractivity (Wildman–Crippen MR) is 205 cm³/mol. The molecule has 0 aliphatic heterocycles. The Kier molecular flexibility index (Phi) is 9.84. The van der Waals surface area contributed by atoms with Crippen LogP contribution >= 0.6 is 7.26 Å². The van der Waals surface area contributed by atoms with Gasteiger partial charge in [-0.1, -0.05) is 164 Å². The second-order valence-corrected chi connectivity index (χ2v) is 14.8. The quantitative estimate of drug-likeness (QED) is 0.127. The van der Waals surface area contributed by atoms with Crippen LogP contribution < -0.4 is 37.6 Å². The maximum absolute atomic E-state index is 4.19. The third-order valence-electron chi connectivity index (χ3n) is 8.90. The fraction of sp³-hybridized carbons (Fsp3) is 0. The summed E-state index contributed by atoms with van der Waals surface area (Å²) >= 11 is 0. The van der Waals surface area contributed by atoms with Crippen molar-refractivity contribution >= 4 is 51.0 Å². The Bertz CT molecular complexity index is 1650. The first kappa shape index (κ1) is 30.8. The van der Waals surface area contributed by atoms with Gasteiger partial charge in [-0.2, -0.15) is 16.4 Å². The van der Waals surface area contributed by atoms with Crippen molar-refractivity contribution in [1.29, 1.82) is 0 Å². The fourth-order valence-electron chi connectivity index (χ4n) is 6.76. The number of hydrogen-bond acceptors (Lipinski definition) is 0. The first-order valence-corrected chi connectivity index (χ1v) is 17.7. The topological polar surface area (TPSA) is 0 Å². The lowest BCUT2D eigenvalue weighted by atomic mass is 9.16. The highest BCUT2D eigenvalue weighted by Gasteiger charge is 2.47. The van der Waals surface area contributed by atoms with E-state index in [1.165, 1.54) is 37.6 Å². The van der Waals surface area contributed by atoms with Gasteiger partial charge in [0.05, 0.1) is 6.15 Å². The Hall–Kier alpha value is -5.23. The van der Waals surface area contributed by atoms with Crippen LogP contribution in [-0.4, -0.2) is 6.15 Å². The molecule has 0 aliphatic carbocycles. The molecular formula is C44H38BP. The van der Waals surface area contributed by atoms with Gasteiger partial charge < -0.3 is 0 Å². The van der Waals surface area contributed by atoms with Crippen LogP contribution in [0, 0.1) is 0 Å². The monoisotopic (exact) mass is 608 g/mol. The van der Waals surface area contributed by atoms with Crippen molar-refractivity contribution in [2.45, 2.75) is 0 Å². The van der Waals surface area contributed by atoms with Crippen molar-refractivity contribution in [2.24, 2.45) is 0 Å². The number of benzene rings is 7. The van der Waals surface area contributed by atoms with Gasteiger partial charge in [0.2, 0.25) is 0 Å². The highest BCUT2D eigenvalue weighted by atomic mass is 31.2. The van der Waals surface area contributed by atoms with Gasteiger partial charge >= 0.3 is 0 Å². The molecule has 0 nitrogen and oxygen atoms in total. The van der Waals surface area contributed by atoms with Crippen LogP contribution in [0.1, 0.15) is 0 Å². The molecule has 46 heavy (non-hydrogen) atoms. The Morgan fingerprint density at radius 2 is 0.500 bits per heavy atom. The lowest BCUT2D eigenvalue weighted by Crippen LogP contribution is -2.65. The summed E-state index contributed by atoms with van der Waals surface area (Å²) in [5, 5.41) is 5.55. The second kappa shape index (κ2) is 14.7. The minimum Gasteiger partial charge on any atom is -0.239 e. The Balaban J connectivity index is 0.000000164. The van der Waals surface area contributed by atoms with Crippen LogP contribution in [0.2, 0.25) is 0 Å². The summed E-state index contributed by atoms with van der Waals surface area (Å²) in [6, 6.07) is 75.8. The molecule has 222 valence electrons. The molecule has 0 spiro atoms. The summed E-state index contributed by atoms with van der Waals surface area (Å²) in [7, 11) is -1.91. The molecule has 0 heterocycles. The minimum absolute atomic E-state index is 1.13. The first-order chi connectivity index (χ1) is 22.8. The molecule has 0 fully saturated rings. The molecule has 0 saturated heterocycles. The van der Waals surface area contributed by atoms with E-state index in [0.29, 0.717) is 0 Å². The molecule has 0 unspecified atom stereocenters. The van der Waals surface area contributed by atoms with Gasteiger partial charge in [0, 0.05) is 0 Å². The summed E-state index contributed by atoms with van der Waals surface area (Å²) in [5.41, 5.74) is 3.89. The molecule has 7 rings (SSSR count). The smallest absolute Gasteiger partial charge is 0.144 e. The molecule has 0 bridgehead atoms. The van der Waals surface area contributed by atoms with E-state index in [4.69, 9.17) is 0 Å². The van der Waals surface area contributed by atoms with E-state index < -0.39 is 13.4 Å². The zero-order valence-electron chi connectivity index (χ0n) is 26.0. The number of hydrogen-bond donors (Lipinski definition) is 0.